The molecule has 0 saturated carbocycles. The average Bonchev–Trinajstić information content (AvgIpc) is 2.33. The summed E-state index contributed by atoms with van der Waals surface area (Å²) in [5.74, 6) is 1.66. The summed E-state index contributed by atoms with van der Waals surface area (Å²) in [7, 11) is 2.04. The van der Waals surface area contributed by atoms with Crippen LogP contribution < -0.4 is 5.32 Å². The van der Waals surface area contributed by atoms with Crippen LogP contribution in [0.5, 0.6) is 0 Å². The van der Waals surface area contributed by atoms with Crippen molar-refractivity contribution in [2.45, 2.75) is 46.2 Å². The molecule has 0 aliphatic carbocycles. The molecule has 2 heteroatoms. The highest BCUT2D eigenvalue weighted by Gasteiger charge is 2.40. The zero-order chi connectivity index (χ0) is 10.9. The first-order valence-corrected chi connectivity index (χ1v) is 5.81. The van der Waals surface area contributed by atoms with Crippen molar-refractivity contribution in [1.82, 2.24) is 10.2 Å². The van der Waals surface area contributed by atoms with Gasteiger partial charge in [-0.05, 0) is 39.7 Å². The Balaban J connectivity index is 2.69. The quantitative estimate of drug-likeness (QED) is 0.746. The van der Waals surface area contributed by atoms with Crippen LogP contribution in [0.3, 0.4) is 0 Å². The Labute approximate surface area is 89.1 Å². The topological polar surface area (TPSA) is 15.3 Å². The summed E-state index contributed by atoms with van der Waals surface area (Å²) in [6, 6.07) is 0.716. The van der Waals surface area contributed by atoms with Crippen molar-refractivity contribution in [3.63, 3.8) is 0 Å². The molecule has 0 radical (unpaired) electrons. The first-order valence-electron chi connectivity index (χ1n) is 5.81. The van der Waals surface area contributed by atoms with Gasteiger partial charge in [-0.1, -0.05) is 13.8 Å². The lowest BCUT2D eigenvalue weighted by atomic mass is 9.95. The van der Waals surface area contributed by atoms with Gasteiger partial charge in [0.1, 0.15) is 0 Å². The number of likely N-dealkylation sites (tertiary alicyclic amines) is 1. The van der Waals surface area contributed by atoms with Gasteiger partial charge in [0.05, 0.1) is 0 Å². The fourth-order valence-electron chi connectivity index (χ4n) is 2.73. The van der Waals surface area contributed by atoms with Crippen LogP contribution in [0.4, 0.5) is 0 Å². The maximum atomic E-state index is 3.29. The van der Waals surface area contributed by atoms with Gasteiger partial charge in [0.25, 0.3) is 0 Å². The van der Waals surface area contributed by atoms with Crippen LogP contribution in [0.25, 0.3) is 0 Å². The van der Waals surface area contributed by atoms with E-state index < -0.39 is 0 Å². The van der Waals surface area contributed by atoms with E-state index in [9.17, 15) is 0 Å². The highest BCUT2D eigenvalue weighted by atomic mass is 15.3. The van der Waals surface area contributed by atoms with Gasteiger partial charge in [0.15, 0.2) is 0 Å². The van der Waals surface area contributed by atoms with Crippen LogP contribution in [0.1, 0.15) is 34.6 Å². The van der Waals surface area contributed by atoms with Gasteiger partial charge in [0.2, 0.25) is 0 Å². The van der Waals surface area contributed by atoms with E-state index in [1.807, 2.05) is 7.05 Å². The molecule has 1 aliphatic rings. The van der Waals surface area contributed by atoms with E-state index in [-0.39, 0.29) is 5.54 Å². The zero-order valence-electron chi connectivity index (χ0n) is 10.6. The number of rotatable bonds is 3. The van der Waals surface area contributed by atoms with Crippen molar-refractivity contribution in [2.24, 2.45) is 11.8 Å². The lowest BCUT2D eigenvalue weighted by molar-refractivity contribution is 0.103. The van der Waals surface area contributed by atoms with Crippen LogP contribution >= 0.6 is 0 Å². The summed E-state index contributed by atoms with van der Waals surface area (Å²) in [4.78, 5) is 2.65. The Morgan fingerprint density at radius 2 is 1.86 bits per heavy atom. The predicted octanol–water partition coefficient (Wildman–Crippen LogP) is 1.96. The normalized spacial score (nSPS) is 35.1. The molecule has 0 bridgehead atoms. The number of nitrogens with zero attached hydrogens (tertiary/aromatic N) is 1. The fourth-order valence-corrected chi connectivity index (χ4v) is 2.73. The average molecular weight is 198 g/mol. The van der Waals surface area contributed by atoms with E-state index in [0.29, 0.717) is 6.04 Å². The van der Waals surface area contributed by atoms with Crippen LogP contribution in [-0.4, -0.2) is 36.6 Å². The highest BCUT2D eigenvalue weighted by molar-refractivity contribution is 4.95. The molecule has 0 aromatic heterocycles. The second-order valence-electron chi connectivity index (χ2n) is 5.57. The molecule has 3 unspecified atom stereocenters. The van der Waals surface area contributed by atoms with Crippen molar-refractivity contribution in [3.8, 4) is 0 Å². The van der Waals surface area contributed by atoms with Crippen LogP contribution in [0.15, 0.2) is 0 Å². The van der Waals surface area contributed by atoms with Crippen LogP contribution in [0.2, 0.25) is 0 Å². The monoisotopic (exact) mass is 198 g/mol. The number of nitrogens with one attached hydrogen (secondary N) is 1. The highest BCUT2D eigenvalue weighted by Crippen LogP contribution is 2.33. The Hall–Kier alpha value is -0.0800. The number of likely N-dealkylation sites (N-methyl/N-ethyl adjacent to an activating group) is 1. The minimum Gasteiger partial charge on any atom is -0.318 e. The standard InChI is InChI=1S/C12H26N2/c1-9-7-14(11(3)10(9)2)12(4,5)8-13-6/h9-11,13H,7-8H2,1-6H3. The fraction of sp³-hybridized carbons (Fsp3) is 1.00. The number of hydrogen-bond donors (Lipinski definition) is 1. The van der Waals surface area contributed by atoms with Gasteiger partial charge in [-0.25, -0.2) is 0 Å². The largest absolute Gasteiger partial charge is 0.318 e. The molecule has 14 heavy (non-hydrogen) atoms. The lowest BCUT2D eigenvalue weighted by Gasteiger charge is -2.39. The predicted molar refractivity (Wildman–Crippen MR) is 62.5 cm³/mol. The van der Waals surface area contributed by atoms with Gasteiger partial charge in [0, 0.05) is 24.7 Å². The molecule has 84 valence electrons. The van der Waals surface area contributed by atoms with Gasteiger partial charge in [-0.2, -0.15) is 0 Å². The zero-order valence-corrected chi connectivity index (χ0v) is 10.6. The van der Waals surface area contributed by atoms with E-state index in [1.54, 1.807) is 0 Å². The summed E-state index contributed by atoms with van der Waals surface area (Å²) < 4.78 is 0. The third kappa shape index (κ3) is 2.12. The summed E-state index contributed by atoms with van der Waals surface area (Å²) in [6.45, 7) is 14.1. The maximum Gasteiger partial charge on any atom is 0.0280 e. The maximum absolute atomic E-state index is 3.29. The molecule has 1 rings (SSSR count). The van der Waals surface area contributed by atoms with Gasteiger partial charge < -0.3 is 5.32 Å². The second kappa shape index (κ2) is 4.19. The van der Waals surface area contributed by atoms with Crippen molar-refractivity contribution in [3.05, 3.63) is 0 Å². The minimum atomic E-state index is 0.285. The van der Waals surface area contributed by atoms with E-state index in [1.165, 1.54) is 6.54 Å². The number of hydrogen-bond acceptors (Lipinski definition) is 2. The molecule has 1 heterocycles. The van der Waals surface area contributed by atoms with Crippen molar-refractivity contribution in [1.29, 1.82) is 0 Å². The summed E-state index contributed by atoms with van der Waals surface area (Å²) >= 11 is 0. The minimum absolute atomic E-state index is 0.285. The van der Waals surface area contributed by atoms with E-state index in [0.717, 1.165) is 18.4 Å². The SMILES string of the molecule is CNCC(C)(C)N1CC(C)C(C)C1C. The third-order valence-corrected chi connectivity index (χ3v) is 4.02. The van der Waals surface area contributed by atoms with Crippen LogP contribution in [-0.2, 0) is 0 Å². The molecule has 0 aromatic rings. The summed E-state index contributed by atoms with van der Waals surface area (Å²) in [5, 5.41) is 3.29. The summed E-state index contributed by atoms with van der Waals surface area (Å²) in [5.41, 5.74) is 0.285. The Bertz CT molecular complexity index is 189. The van der Waals surface area contributed by atoms with E-state index in [2.05, 4.69) is 44.8 Å². The molecule has 1 saturated heterocycles. The van der Waals surface area contributed by atoms with E-state index >= 15 is 0 Å². The van der Waals surface area contributed by atoms with E-state index in [4.69, 9.17) is 0 Å². The van der Waals surface area contributed by atoms with Gasteiger partial charge in [-0.3, -0.25) is 4.90 Å². The molecule has 1 N–H and O–H groups in total. The Kier molecular flexibility index (Phi) is 3.59. The smallest absolute Gasteiger partial charge is 0.0280 e. The first kappa shape index (κ1) is 12.0. The lowest BCUT2D eigenvalue weighted by Crippen LogP contribution is -2.52. The molecule has 3 atom stereocenters. The molecule has 2 nitrogen and oxygen atoms in total. The van der Waals surface area contributed by atoms with Crippen molar-refractivity contribution >= 4 is 0 Å². The summed E-state index contributed by atoms with van der Waals surface area (Å²) in [6.07, 6.45) is 0. The molecule has 1 fully saturated rings. The van der Waals surface area contributed by atoms with Gasteiger partial charge in [-0.15, -0.1) is 0 Å². The first-order chi connectivity index (χ1) is 6.40. The van der Waals surface area contributed by atoms with Crippen molar-refractivity contribution < 1.29 is 0 Å². The molecule has 0 spiro atoms. The Morgan fingerprint density at radius 1 is 1.29 bits per heavy atom. The Morgan fingerprint density at radius 3 is 2.21 bits per heavy atom. The molecule has 0 amide bonds. The van der Waals surface area contributed by atoms with Gasteiger partial charge >= 0.3 is 0 Å². The van der Waals surface area contributed by atoms with Crippen LogP contribution in [0, 0.1) is 11.8 Å². The second-order valence-corrected chi connectivity index (χ2v) is 5.57. The molecule has 0 aromatic carbocycles. The third-order valence-electron chi connectivity index (χ3n) is 4.02. The van der Waals surface area contributed by atoms with Crippen molar-refractivity contribution in [2.75, 3.05) is 20.1 Å². The molecular weight excluding hydrogens is 172 g/mol. The molecule has 1 aliphatic heterocycles. The molecular formula is C12H26N2.